The van der Waals surface area contributed by atoms with E-state index in [2.05, 4.69) is 5.32 Å². The van der Waals surface area contributed by atoms with Crippen LogP contribution in [0.25, 0.3) is 0 Å². The largest absolute Gasteiger partial charge is 0.394 e. The van der Waals surface area contributed by atoms with Gasteiger partial charge in [0.2, 0.25) is 0 Å². The lowest BCUT2D eigenvalue weighted by atomic mass is 9.54. The second kappa shape index (κ2) is 13.2. The van der Waals surface area contributed by atoms with Gasteiger partial charge < -0.3 is 50.8 Å². The van der Waals surface area contributed by atoms with Crippen LogP contribution in [0.15, 0.2) is 0 Å². The number of ketones is 2. The van der Waals surface area contributed by atoms with Crippen molar-refractivity contribution in [3.05, 3.63) is 0 Å². The zero-order chi connectivity index (χ0) is 31.3. The molecule has 44 heavy (non-hydrogen) atoms. The molecule has 0 aromatic rings. The molecular weight excluding hydrogens is 572 g/mol. The maximum atomic E-state index is 14.3. The lowest BCUT2D eigenvalue weighted by Gasteiger charge is -2.52. The number of ether oxygens (including phenoxy) is 3. The highest BCUT2D eigenvalue weighted by Gasteiger charge is 2.60. The van der Waals surface area contributed by atoms with Crippen molar-refractivity contribution >= 4 is 11.6 Å². The Balaban J connectivity index is 1.20. The molecule has 6 aliphatic rings. The molecule has 2 heterocycles. The zero-order valence-corrected chi connectivity index (χ0v) is 25.7. The van der Waals surface area contributed by atoms with Crippen LogP contribution in [-0.4, -0.2) is 113 Å². The Labute approximate surface area is 259 Å². The van der Waals surface area contributed by atoms with Gasteiger partial charge in [0.1, 0.15) is 36.0 Å². The number of methoxy groups -OCH3 is 1. The summed E-state index contributed by atoms with van der Waals surface area (Å²) < 4.78 is 17.4. The van der Waals surface area contributed by atoms with Gasteiger partial charge in [-0.25, -0.2) is 0 Å². The topological polar surface area (TPSA) is 201 Å². The SMILES string of the molecule is COC1CC(OC2OC(CO)C(O)C(O)C2O)C2C(=O)C3C(O)CC(CC4(C5CCC(N)NC5)CCCC4)CC3C(=O)C2C1. The Kier molecular flexibility index (Phi) is 9.87. The molecule has 4 saturated carbocycles. The van der Waals surface area contributed by atoms with Gasteiger partial charge in [-0.05, 0) is 75.2 Å². The Morgan fingerprint density at radius 3 is 2.32 bits per heavy atom. The first-order chi connectivity index (χ1) is 21.1. The van der Waals surface area contributed by atoms with Crippen molar-refractivity contribution in [2.24, 2.45) is 46.7 Å². The number of nitrogens with two attached hydrogens (primary N) is 1. The van der Waals surface area contributed by atoms with E-state index in [1.165, 1.54) is 12.8 Å². The number of carbonyl (C=O) groups excluding carboxylic acids is 2. The van der Waals surface area contributed by atoms with Crippen molar-refractivity contribution < 1.29 is 49.3 Å². The molecule has 250 valence electrons. The molecule has 8 N–H and O–H groups in total. The number of hydrogen-bond acceptors (Lipinski definition) is 12. The van der Waals surface area contributed by atoms with E-state index in [9.17, 15) is 35.1 Å². The van der Waals surface area contributed by atoms with Crippen LogP contribution < -0.4 is 11.1 Å². The molecule has 12 nitrogen and oxygen atoms in total. The van der Waals surface area contributed by atoms with E-state index in [0.717, 1.165) is 38.6 Å². The van der Waals surface area contributed by atoms with Crippen LogP contribution in [0.5, 0.6) is 0 Å². The monoisotopic (exact) mass is 624 g/mol. The van der Waals surface area contributed by atoms with Gasteiger partial charge >= 0.3 is 0 Å². The summed E-state index contributed by atoms with van der Waals surface area (Å²) in [5.41, 5.74) is 6.30. The molecule has 15 unspecified atom stereocenters. The first-order valence-corrected chi connectivity index (χ1v) is 16.8. The third-order valence-electron chi connectivity index (χ3n) is 12.3. The van der Waals surface area contributed by atoms with Crippen LogP contribution in [0.4, 0.5) is 0 Å². The minimum atomic E-state index is -1.63. The summed E-state index contributed by atoms with van der Waals surface area (Å²) in [4.78, 5) is 28.5. The second-order valence-electron chi connectivity index (χ2n) is 14.7. The lowest BCUT2D eigenvalue weighted by molar-refractivity contribution is -0.319. The molecule has 12 heteroatoms. The smallest absolute Gasteiger partial charge is 0.186 e. The lowest BCUT2D eigenvalue weighted by Crippen LogP contribution is -2.63. The summed E-state index contributed by atoms with van der Waals surface area (Å²) >= 11 is 0. The van der Waals surface area contributed by atoms with E-state index < -0.39 is 73.2 Å². The number of aliphatic hydroxyl groups is 5. The Bertz CT molecular complexity index is 1030. The van der Waals surface area contributed by atoms with Crippen molar-refractivity contribution in [2.45, 2.75) is 126 Å². The molecule has 0 aromatic heterocycles. The third-order valence-corrected chi connectivity index (χ3v) is 12.3. The van der Waals surface area contributed by atoms with Crippen LogP contribution in [0.3, 0.4) is 0 Å². The maximum absolute atomic E-state index is 14.3. The zero-order valence-electron chi connectivity index (χ0n) is 25.7. The average molecular weight is 625 g/mol. The summed E-state index contributed by atoms with van der Waals surface area (Å²) in [6.45, 7) is 0.292. The number of aliphatic hydroxyl groups excluding tert-OH is 5. The van der Waals surface area contributed by atoms with Crippen molar-refractivity contribution in [3.8, 4) is 0 Å². The number of Topliss-reactive ketones (excluding diaryl/α,β-unsaturated/α-hetero) is 2. The average Bonchev–Trinajstić information content (AvgIpc) is 3.49. The number of rotatable bonds is 7. The van der Waals surface area contributed by atoms with Crippen molar-refractivity contribution in [3.63, 3.8) is 0 Å². The Morgan fingerprint density at radius 2 is 1.66 bits per heavy atom. The maximum Gasteiger partial charge on any atom is 0.186 e. The molecule has 0 bridgehead atoms. The minimum absolute atomic E-state index is 0.0294. The van der Waals surface area contributed by atoms with Gasteiger partial charge in [-0.3, -0.25) is 9.59 Å². The second-order valence-corrected chi connectivity index (χ2v) is 14.7. The Hall–Kier alpha value is -1.06. The van der Waals surface area contributed by atoms with Gasteiger partial charge in [0.25, 0.3) is 0 Å². The Morgan fingerprint density at radius 1 is 0.932 bits per heavy atom. The molecule has 0 aromatic carbocycles. The molecule has 15 atom stereocenters. The molecule has 6 fully saturated rings. The number of nitrogens with one attached hydrogen (secondary N) is 1. The predicted octanol–water partition coefficient (Wildman–Crippen LogP) is -0.397. The van der Waals surface area contributed by atoms with E-state index in [-0.39, 0.29) is 41.6 Å². The number of piperidine rings is 1. The fourth-order valence-corrected chi connectivity index (χ4v) is 10.1. The van der Waals surface area contributed by atoms with E-state index in [1.54, 1.807) is 7.11 Å². The van der Waals surface area contributed by atoms with Crippen LogP contribution >= 0.6 is 0 Å². The van der Waals surface area contributed by atoms with Gasteiger partial charge in [-0.1, -0.05) is 12.8 Å². The molecule has 4 aliphatic carbocycles. The van der Waals surface area contributed by atoms with Crippen molar-refractivity contribution in [2.75, 3.05) is 20.3 Å². The van der Waals surface area contributed by atoms with E-state index in [4.69, 9.17) is 19.9 Å². The van der Waals surface area contributed by atoms with Crippen LogP contribution in [-0.2, 0) is 23.8 Å². The van der Waals surface area contributed by atoms with Crippen LogP contribution in [0.2, 0.25) is 0 Å². The van der Waals surface area contributed by atoms with E-state index in [1.807, 2.05) is 0 Å². The minimum Gasteiger partial charge on any atom is -0.394 e. The van der Waals surface area contributed by atoms with E-state index in [0.29, 0.717) is 25.2 Å². The highest BCUT2D eigenvalue weighted by molar-refractivity contribution is 6.00. The summed E-state index contributed by atoms with van der Waals surface area (Å²) in [5, 5.41) is 55.7. The standard InChI is InChI=1S/C32H52N2O10/c1-42-17-10-19-25(21(11-17)43-31-30(41)29(40)27(38)22(14-35)44-31)28(39)24-18(26(19)37)8-15(9-20(24)36)12-32(6-2-3-7-32)16-4-5-23(33)34-13-16/h15-25,27,29-31,34-36,38,40-41H,2-14,33H2,1H3. The molecule has 0 amide bonds. The van der Waals surface area contributed by atoms with Crippen LogP contribution in [0, 0.1) is 40.9 Å². The summed E-state index contributed by atoms with van der Waals surface area (Å²) in [5.74, 6) is -2.44. The third kappa shape index (κ3) is 5.93. The van der Waals surface area contributed by atoms with Crippen molar-refractivity contribution in [1.29, 1.82) is 0 Å². The number of hydrogen-bond donors (Lipinski definition) is 7. The van der Waals surface area contributed by atoms with Crippen LogP contribution in [0.1, 0.15) is 70.6 Å². The molecule has 6 rings (SSSR count). The predicted molar refractivity (Wildman–Crippen MR) is 156 cm³/mol. The fourth-order valence-electron chi connectivity index (χ4n) is 10.1. The highest BCUT2D eigenvalue weighted by atomic mass is 16.7. The first-order valence-electron chi connectivity index (χ1n) is 16.8. The van der Waals surface area contributed by atoms with E-state index >= 15 is 0 Å². The quantitative estimate of drug-likeness (QED) is 0.194. The number of carbonyl (C=O) groups is 2. The van der Waals surface area contributed by atoms with Gasteiger partial charge in [0.15, 0.2) is 6.29 Å². The highest BCUT2D eigenvalue weighted by Crippen LogP contribution is 2.55. The normalized spacial score (nSPS) is 49.4. The van der Waals surface area contributed by atoms with Crippen molar-refractivity contribution in [1.82, 2.24) is 5.32 Å². The first kappa shape index (κ1) is 32.9. The summed E-state index contributed by atoms with van der Waals surface area (Å²) in [7, 11) is 1.54. The van der Waals surface area contributed by atoms with Gasteiger partial charge in [-0.2, -0.15) is 0 Å². The fraction of sp³-hybridized carbons (Fsp3) is 0.938. The molecular formula is C32H52N2O10. The molecule has 2 saturated heterocycles. The van der Waals surface area contributed by atoms with Gasteiger partial charge in [0, 0.05) is 25.4 Å². The summed E-state index contributed by atoms with van der Waals surface area (Å²) in [6.07, 6.45) is -0.162. The van der Waals surface area contributed by atoms with Gasteiger partial charge in [-0.15, -0.1) is 0 Å². The number of fused-ring (bicyclic) bond motifs is 2. The summed E-state index contributed by atoms with van der Waals surface area (Å²) in [6, 6.07) is 0. The molecule has 0 spiro atoms. The van der Waals surface area contributed by atoms with Gasteiger partial charge in [0.05, 0.1) is 42.9 Å². The molecule has 0 radical (unpaired) electrons. The molecule has 2 aliphatic heterocycles.